The van der Waals surface area contributed by atoms with Crippen LogP contribution in [0.15, 0.2) is 0 Å². The Bertz CT molecular complexity index is 196. The Morgan fingerprint density at radius 3 is 2.38 bits per heavy atom. The Balaban J connectivity index is 4.22. The number of carbonyl (C=O) groups excluding carboxylic acids is 1. The molecule has 0 rings (SSSR count). The van der Waals surface area contributed by atoms with Crippen LogP contribution in [0.1, 0.15) is 13.8 Å². The summed E-state index contributed by atoms with van der Waals surface area (Å²) in [5.41, 5.74) is 0. The van der Waals surface area contributed by atoms with E-state index in [0.717, 1.165) is 0 Å². The Kier molecular flexibility index (Phi) is 5.53. The van der Waals surface area contributed by atoms with E-state index in [0.29, 0.717) is 6.54 Å². The van der Waals surface area contributed by atoms with Gasteiger partial charge < -0.3 is 10.0 Å². The van der Waals surface area contributed by atoms with Crippen molar-refractivity contribution in [2.75, 3.05) is 19.3 Å². The van der Waals surface area contributed by atoms with Crippen LogP contribution in [0.25, 0.3) is 0 Å². The molecule has 13 heavy (non-hydrogen) atoms. The molecule has 1 amide bonds. The maximum absolute atomic E-state index is 11.5. The molecule has 0 aliphatic heterocycles. The average molecular weight is 205 g/mol. The summed E-state index contributed by atoms with van der Waals surface area (Å²) >= 11 is 1.42. The van der Waals surface area contributed by atoms with Gasteiger partial charge in [-0.05, 0) is 20.1 Å². The summed E-state index contributed by atoms with van der Waals surface area (Å²) in [5.74, 6) is -1.08. The number of carboxylic acids is 1. The average Bonchev–Trinajstić information content (AvgIpc) is 2.11. The summed E-state index contributed by atoms with van der Waals surface area (Å²) in [4.78, 5) is 23.2. The summed E-state index contributed by atoms with van der Waals surface area (Å²) in [6, 6.07) is 0. The minimum Gasteiger partial charge on any atom is -0.480 e. The SMILES string of the molecule is CCN(CC(=O)O)C(=O)C(C)SC. The third-order valence-corrected chi connectivity index (χ3v) is 2.63. The molecule has 0 aromatic carbocycles. The predicted octanol–water partition coefficient (Wildman–Crippen LogP) is 0.671. The first-order valence-corrected chi connectivity index (χ1v) is 5.35. The number of thioether (sulfide) groups is 1. The quantitative estimate of drug-likeness (QED) is 0.716. The minimum atomic E-state index is -0.969. The molecule has 0 heterocycles. The van der Waals surface area contributed by atoms with Gasteiger partial charge in [0.15, 0.2) is 0 Å². The molecule has 0 aromatic rings. The molecular weight excluding hydrogens is 190 g/mol. The summed E-state index contributed by atoms with van der Waals surface area (Å²) in [7, 11) is 0. The molecule has 0 bridgehead atoms. The number of amides is 1. The van der Waals surface area contributed by atoms with Gasteiger partial charge in [-0.3, -0.25) is 9.59 Å². The highest BCUT2D eigenvalue weighted by Crippen LogP contribution is 2.08. The van der Waals surface area contributed by atoms with E-state index in [1.54, 1.807) is 13.8 Å². The second-order valence-corrected chi connectivity index (χ2v) is 3.80. The molecule has 0 aliphatic carbocycles. The highest BCUT2D eigenvalue weighted by molar-refractivity contribution is 7.99. The lowest BCUT2D eigenvalue weighted by Gasteiger charge is -2.21. The molecule has 4 nitrogen and oxygen atoms in total. The van der Waals surface area contributed by atoms with E-state index in [2.05, 4.69) is 0 Å². The van der Waals surface area contributed by atoms with Crippen molar-refractivity contribution in [3.8, 4) is 0 Å². The summed E-state index contributed by atoms with van der Waals surface area (Å²) in [6.45, 7) is 3.78. The highest BCUT2D eigenvalue weighted by Gasteiger charge is 2.19. The van der Waals surface area contributed by atoms with Crippen LogP contribution in [0, 0.1) is 0 Å². The monoisotopic (exact) mass is 205 g/mol. The Morgan fingerprint density at radius 2 is 2.08 bits per heavy atom. The first-order valence-electron chi connectivity index (χ1n) is 4.06. The van der Waals surface area contributed by atoms with E-state index in [1.165, 1.54) is 16.7 Å². The van der Waals surface area contributed by atoms with Crippen molar-refractivity contribution in [1.82, 2.24) is 4.90 Å². The largest absolute Gasteiger partial charge is 0.480 e. The number of nitrogens with zero attached hydrogens (tertiary/aromatic N) is 1. The second-order valence-electron chi connectivity index (χ2n) is 2.62. The number of carbonyl (C=O) groups is 2. The van der Waals surface area contributed by atoms with Crippen LogP contribution in [0.5, 0.6) is 0 Å². The lowest BCUT2D eigenvalue weighted by molar-refractivity contribution is -0.143. The van der Waals surface area contributed by atoms with Crippen molar-refractivity contribution in [3.63, 3.8) is 0 Å². The first-order chi connectivity index (χ1) is 6.02. The van der Waals surface area contributed by atoms with Crippen molar-refractivity contribution < 1.29 is 14.7 Å². The molecule has 1 unspecified atom stereocenters. The molecule has 0 radical (unpaired) electrons. The Morgan fingerprint density at radius 1 is 1.54 bits per heavy atom. The number of likely N-dealkylation sites (N-methyl/N-ethyl adjacent to an activating group) is 1. The fourth-order valence-corrected chi connectivity index (χ4v) is 1.22. The van der Waals surface area contributed by atoms with Crippen LogP contribution >= 0.6 is 11.8 Å². The van der Waals surface area contributed by atoms with Gasteiger partial charge in [-0.1, -0.05) is 0 Å². The van der Waals surface area contributed by atoms with Gasteiger partial charge in [0.05, 0.1) is 5.25 Å². The van der Waals surface area contributed by atoms with Crippen LogP contribution in [0.4, 0.5) is 0 Å². The molecule has 5 heteroatoms. The van der Waals surface area contributed by atoms with Crippen LogP contribution in [0.3, 0.4) is 0 Å². The summed E-state index contributed by atoms with van der Waals surface area (Å²) in [6.07, 6.45) is 1.83. The number of hydrogen-bond acceptors (Lipinski definition) is 3. The number of rotatable bonds is 5. The number of hydrogen-bond donors (Lipinski definition) is 1. The zero-order valence-corrected chi connectivity index (χ0v) is 8.93. The van der Waals surface area contributed by atoms with E-state index in [1.807, 2.05) is 6.26 Å². The Hall–Kier alpha value is -0.710. The van der Waals surface area contributed by atoms with Gasteiger partial charge in [-0.15, -0.1) is 0 Å². The molecule has 0 spiro atoms. The second kappa shape index (κ2) is 5.85. The topological polar surface area (TPSA) is 57.6 Å². The zero-order chi connectivity index (χ0) is 10.4. The van der Waals surface area contributed by atoms with Crippen molar-refractivity contribution in [1.29, 1.82) is 0 Å². The summed E-state index contributed by atoms with van der Waals surface area (Å²) in [5, 5.41) is 8.35. The lowest BCUT2D eigenvalue weighted by Crippen LogP contribution is -2.39. The minimum absolute atomic E-state index is 0.114. The van der Waals surface area contributed by atoms with E-state index in [9.17, 15) is 9.59 Å². The van der Waals surface area contributed by atoms with Crippen LogP contribution in [0.2, 0.25) is 0 Å². The first kappa shape index (κ1) is 12.3. The maximum atomic E-state index is 11.5. The van der Waals surface area contributed by atoms with Gasteiger partial charge in [0.25, 0.3) is 0 Å². The highest BCUT2D eigenvalue weighted by atomic mass is 32.2. The molecule has 0 saturated carbocycles. The maximum Gasteiger partial charge on any atom is 0.323 e. The lowest BCUT2D eigenvalue weighted by atomic mass is 10.3. The molecule has 0 fully saturated rings. The van der Waals surface area contributed by atoms with Crippen molar-refractivity contribution in [3.05, 3.63) is 0 Å². The van der Waals surface area contributed by atoms with Crippen LogP contribution in [-0.2, 0) is 9.59 Å². The van der Waals surface area contributed by atoms with Crippen molar-refractivity contribution >= 4 is 23.6 Å². The van der Waals surface area contributed by atoms with Gasteiger partial charge in [-0.25, -0.2) is 0 Å². The van der Waals surface area contributed by atoms with E-state index >= 15 is 0 Å². The van der Waals surface area contributed by atoms with E-state index < -0.39 is 5.97 Å². The zero-order valence-electron chi connectivity index (χ0n) is 8.11. The molecule has 1 atom stereocenters. The standard InChI is InChI=1S/C8H15NO3S/c1-4-9(5-7(10)11)8(12)6(2)13-3/h6H,4-5H2,1-3H3,(H,10,11). The molecular formula is C8H15NO3S. The summed E-state index contributed by atoms with van der Waals surface area (Å²) < 4.78 is 0. The number of carboxylic acid groups (broad SMARTS) is 1. The van der Waals surface area contributed by atoms with Gasteiger partial charge in [0.2, 0.25) is 5.91 Å². The van der Waals surface area contributed by atoms with Crippen molar-refractivity contribution in [2.45, 2.75) is 19.1 Å². The van der Waals surface area contributed by atoms with E-state index in [-0.39, 0.29) is 17.7 Å². The fourth-order valence-electron chi connectivity index (χ4n) is 0.867. The molecule has 0 aromatic heterocycles. The van der Waals surface area contributed by atoms with Crippen molar-refractivity contribution in [2.24, 2.45) is 0 Å². The Labute approximate surface area is 82.3 Å². The molecule has 1 N–H and O–H groups in total. The molecule has 0 aliphatic rings. The van der Waals surface area contributed by atoms with E-state index in [4.69, 9.17) is 5.11 Å². The number of aliphatic carboxylic acids is 1. The normalized spacial score (nSPS) is 12.2. The van der Waals surface area contributed by atoms with Gasteiger partial charge in [-0.2, -0.15) is 11.8 Å². The third kappa shape index (κ3) is 4.17. The third-order valence-electron chi connectivity index (χ3n) is 1.72. The predicted molar refractivity (Wildman–Crippen MR) is 52.9 cm³/mol. The molecule has 0 saturated heterocycles. The van der Waals surface area contributed by atoms with Gasteiger partial charge in [0, 0.05) is 6.54 Å². The fraction of sp³-hybridized carbons (Fsp3) is 0.750. The molecule has 76 valence electrons. The van der Waals surface area contributed by atoms with Crippen LogP contribution < -0.4 is 0 Å². The van der Waals surface area contributed by atoms with Gasteiger partial charge in [0.1, 0.15) is 6.54 Å². The smallest absolute Gasteiger partial charge is 0.323 e. The van der Waals surface area contributed by atoms with Crippen LogP contribution in [-0.4, -0.2) is 46.5 Å². The van der Waals surface area contributed by atoms with Gasteiger partial charge >= 0.3 is 5.97 Å².